The van der Waals surface area contributed by atoms with E-state index in [1.54, 1.807) is 11.6 Å². The number of carboxylic acid groups (broad SMARTS) is 1. The van der Waals surface area contributed by atoms with Crippen LogP contribution >= 0.6 is 11.3 Å². The van der Waals surface area contributed by atoms with Crippen molar-refractivity contribution >= 4 is 28.3 Å². The molecule has 0 aromatic carbocycles. The van der Waals surface area contributed by atoms with Crippen molar-refractivity contribution in [1.82, 2.24) is 4.98 Å². The molecule has 1 aromatic rings. The minimum Gasteiger partial charge on any atom is -0.481 e. The number of hydrogen-bond donors (Lipinski definition) is 2. The third-order valence-electron chi connectivity index (χ3n) is 4.17. The van der Waals surface area contributed by atoms with Gasteiger partial charge in [-0.25, -0.2) is 4.98 Å². The van der Waals surface area contributed by atoms with Crippen LogP contribution in [0.25, 0.3) is 0 Å². The number of nitrogens with one attached hydrogen (secondary N) is 1. The second-order valence-electron chi connectivity index (χ2n) is 5.05. The zero-order chi connectivity index (χ0) is 12.7. The van der Waals surface area contributed by atoms with Gasteiger partial charge in [0, 0.05) is 11.6 Å². The average Bonchev–Trinajstić information content (AvgIpc) is 3.03. The van der Waals surface area contributed by atoms with Gasteiger partial charge in [-0.2, -0.15) is 0 Å². The van der Waals surface area contributed by atoms with Crippen molar-refractivity contribution in [2.45, 2.75) is 19.3 Å². The number of amides is 1. The molecule has 2 bridgehead atoms. The van der Waals surface area contributed by atoms with E-state index in [1.165, 1.54) is 11.3 Å². The van der Waals surface area contributed by atoms with Crippen LogP contribution in [0.5, 0.6) is 0 Å². The standard InChI is InChI=1S/C12H14N2O3S/c15-10(14-12-13-3-4-18-12)8-6-1-2-7(5-6)9(8)11(16)17/h3-4,6-9H,1-2,5H2,(H,16,17)(H,13,14,15)/t6-,7+,8-,9+/m0/s1. The first-order valence-corrected chi connectivity index (χ1v) is 6.98. The van der Waals surface area contributed by atoms with E-state index in [-0.39, 0.29) is 23.7 Å². The molecule has 2 fully saturated rings. The first-order valence-electron chi connectivity index (χ1n) is 6.10. The molecule has 0 spiro atoms. The van der Waals surface area contributed by atoms with Gasteiger partial charge in [-0.05, 0) is 31.1 Å². The fourth-order valence-corrected chi connectivity index (χ4v) is 4.03. The predicted octanol–water partition coefficient (Wildman–Crippen LogP) is 1.83. The summed E-state index contributed by atoms with van der Waals surface area (Å²) < 4.78 is 0. The van der Waals surface area contributed by atoms with Crippen molar-refractivity contribution in [2.24, 2.45) is 23.7 Å². The van der Waals surface area contributed by atoms with Crippen molar-refractivity contribution in [2.75, 3.05) is 5.32 Å². The van der Waals surface area contributed by atoms with Crippen LogP contribution in [0.15, 0.2) is 11.6 Å². The maximum absolute atomic E-state index is 12.2. The lowest BCUT2D eigenvalue weighted by molar-refractivity contribution is -0.148. The molecule has 1 heterocycles. The minimum absolute atomic E-state index is 0.176. The highest BCUT2D eigenvalue weighted by atomic mass is 32.1. The van der Waals surface area contributed by atoms with Crippen molar-refractivity contribution in [3.63, 3.8) is 0 Å². The lowest BCUT2D eigenvalue weighted by Crippen LogP contribution is -2.37. The third-order valence-corrected chi connectivity index (χ3v) is 4.86. The number of fused-ring (bicyclic) bond motifs is 2. The van der Waals surface area contributed by atoms with Gasteiger partial charge < -0.3 is 10.4 Å². The van der Waals surface area contributed by atoms with Crippen LogP contribution in [0.1, 0.15) is 19.3 Å². The lowest BCUT2D eigenvalue weighted by Gasteiger charge is -2.26. The Kier molecular flexibility index (Phi) is 2.81. The van der Waals surface area contributed by atoms with E-state index in [4.69, 9.17) is 0 Å². The van der Waals surface area contributed by atoms with Gasteiger partial charge in [0.15, 0.2) is 5.13 Å². The van der Waals surface area contributed by atoms with E-state index in [2.05, 4.69) is 10.3 Å². The summed E-state index contributed by atoms with van der Waals surface area (Å²) in [7, 11) is 0. The number of carbonyl (C=O) groups is 2. The average molecular weight is 266 g/mol. The largest absolute Gasteiger partial charge is 0.481 e. The highest BCUT2D eigenvalue weighted by Gasteiger charge is 2.54. The summed E-state index contributed by atoms with van der Waals surface area (Å²) >= 11 is 1.35. The molecule has 4 atom stereocenters. The smallest absolute Gasteiger partial charge is 0.307 e. The monoisotopic (exact) mass is 266 g/mol. The maximum Gasteiger partial charge on any atom is 0.307 e. The van der Waals surface area contributed by atoms with E-state index in [1.807, 2.05) is 0 Å². The molecule has 0 radical (unpaired) electrons. The summed E-state index contributed by atoms with van der Waals surface area (Å²) in [5.41, 5.74) is 0. The minimum atomic E-state index is -0.832. The van der Waals surface area contributed by atoms with Gasteiger partial charge in [-0.15, -0.1) is 11.3 Å². The van der Waals surface area contributed by atoms with Crippen molar-refractivity contribution < 1.29 is 14.7 Å². The summed E-state index contributed by atoms with van der Waals surface area (Å²) in [6.07, 6.45) is 4.43. The molecule has 6 heteroatoms. The van der Waals surface area contributed by atoms with Crippen LogP contribution in [0.2, 0.25) is 0 Å². The van der Waals surface area contributed by atoms with Crippen LogP contribution in [-0.2, 0) is 9.59 Å². The molecule has 3 rings (SSSR count). The number of nitrogens with zero attached hydrogens (tertiary/aromatic N) is 1. The van der Waals surface area contributed by atoms with Gasteiger partial charge in [0.25, 0.3) is 0 Å². The number of hydrogen-bond acceptors (Lipinski definition) is 4. The van der Waals surface area contributed by atoms with Gasteiger partial charge in [0.2, 0.25) is 5.91 Å². The molecule has 0 saturated heterocycles. The van der Waals surface area contributed by atoms with E-state index in [0.717, 1.165) is 19.3 Å². The summed E-state index contributed by atoms with van der Waals surface area (Å²) in [5.74, 6) is -1.49. The predicted molar refractivity (Wildman–Crippen MR) is 66.2 cm³/mol. The number of rotatable bonds is 3. The summed E-state index contributed by atoms with van der Waals surface area (Å²) in [4.78, 5) is 27.5. The summed E-state index contributed by atoms with van der Waals surface area (Å²) in [6.45, 7) is 0. The van der Waals surface area contributed by atoms with E-state index < -0.39 is 11.9 Å². The zero-order valence-electron chi connectivity index (χ0n) is 9.70. The molecule has 2 saturated carbocycles. The quantitative estimate of drug-likeness (QED) is 0.874. The number of aromatic nitrogens is 1. The van der Waals surface area contributed by atoms with Crippen molar-refractivity contribution in [1.29, 1.82) is 0 Å². The summed E-state index contributed by atoms with van der Waals surface area (Å²) in [6, 6.07) is 0. The highest BCUT2D eigenvalue weighted by molar-refractivity contribution is 7.13. The highest BCUT2D eigenvalue weighted by Crippen LogP contribution is 2.52. The van der Waals surface area contributed by atoms with Gasteiger partial charge >= 0.3 is 5.97 Å². The molecule has 1 amide bonds. The molecular weight excluding hydrogens is 252 g/mol. The van der Waals surface area contributed by atoms with E-state index in [0.29, 0.717) is 5.13 Å². The van der Waals surface area contributed by atoms with Crippen molar-refractivity contribution in [3.05, 3.63) is 11.6 Å². The molecule has 0 unspecified atom stereocenters. The Labute approximate surface area is 108 Å². The van der Waals surface area contributed by atoms with Gasteiger partial charge in [-0.3, -0.25) is 9.59 Å². The second-order valence-corrected chi connectivity index (χ2v) is 5.94. The first kappa shape index (κ1) is 11.6. The molecule has 5 nitrogen and oxygen atoms in total. The number of aliphatic carboxylic acids is 1. The molecule has 0 aliphatic heterocycles. The third kappa shape index (κ3) is 1.80. The number of carboxylic acids is 1. The topological polar surface area (TPSA) is 79.3 Å². The molecule has 18 heavy (non-hydrogen) atoms. The van der Waals surface area contributed by atoms with Gasteiger partial charge in [0.1, 0.15) is 0 Å². The Hall–Kier alpha value is -1.43. The van der Waals surface area contributed by atoms with Gasteiger partial charge in [0.05, 0.1) is 11.8 Å². The van der Waals surface area contributed by atoms with E-state index >= 15 is 0 Å². The normalized spacial score (nSPS) is 33.6. The SMILES string of the molecule is O=C(O)[C@@H]1[C@@H]2CC[C@@H](C2)[C@@H]1C(=O)Nc1nccs1. The Morgan fingerprint density at radius 2 is 2.06 bits per heavy atom. The van der Waals surface area contributed by atoms with Crippen molar-refractivity contribution in [3.8, 4) is 0 Å². The molecule has 2 aliphatic carbocycles. The Morgan fingerprint density at radius 1 is 1.33 bits per heavy atom. The molecule has 2 aliphatic rings. The number of anilines is 1. The Morgan fingerprint density at radius 3 is 2.67 bits per heavy atom. The van der Waals surface area contributed by atoms with E-state index in [9.17, 15) is 14.7 Å². The first-order chi connectivity index (χ1) is 8.66. The Balaban J connectivity index is 1.78. The molecule has 96 valence electrons. The van der Waals surface area contributed by atoms with Crippen LogP contribution in [-0.4, -0.2) is 22.0 Å². The lowest BCUT2D eigenvalue weighted by atomic mass is 9.79. The zero-order valence-corrected chi connectivity index (χ0v) is 10.5. The summed E-state index contributed by atoms with van der Waals surface area (Å²) in [5, 5.41) is 14.4. The maximum atomic E-state index is 12.2. The number of carbonyl (C=O) groups excluding carboxylic acids is 1. The molecule has 1 aromatic heterocycles. The second kappa shape index (κ2) is 4.35. The number of thiazole rings is 1. The fourth-order valence-electron chi connectivity index (χ4n) is 3.50. The fraction of sp³-hybridized carbons (Fsp3) is 0.583. The Bertz CT molecular complexity index is 474. The van der Waals surface area contributed by atoms with Gasteiger partial charge in [-0.1, -0.05) is 0 Å². The molecular formula is C12H14N2O3S. The molecule has 2 N–H and O–H groups in total. The van der Waals surface area contributed by atoms with Crippen LogP contribution < -0.4 is 5.32 Å². The van der Waals surface area contributed by atoms with Crippen LogP contribution in [0.3, 0.4) is 0 Å². The van der Waals surface area contributed by atoms with Crippen LogP contribution in [0, 0.1) is 23.7 Å². The van der Waals surface area contributed by atoms with Crippen LogP contribution in [0.4, 0.5) is 5.13 Å².